The molecule has 94 valence electrons. The lowest BCUT2D eigenvalue weighted by molar-refractivity contribution is -0.138. The number of carboxylic acids is 1. The van der Waals surface area contributed by atoms with E-state index in [4.69, 9.17) is 5.11 Å². The molecule has 0 amide bonds. The van der Waals surface area contributed by atoms with Gasteiger partial charge in [0.2, 0.25) is 0 Å². The van der Waals surface area contributed by atoms with Gasteiger partial charge >= 0.3 is 5.97 Å². The molecule has 3 nitrogen and oxygen atoms in total. The molecule has 0 spiro atoms. The van der Waals surface area contributed by atoms with Crippen LogP contribution in [0.2, 0.25) is 0 Å². The van der Waals surface area contributed by atoms with Crippen molar-refractivity contribution in [1.29, 1.82) is 0 Å². The van der Waals surface area contributed by atoms with Gasteiger partial charge in [0.15, 0.2) is 0 Å². The molecule has 0 unspecified atom stereocenters. The summed E-state index contributed by atoms with van der Waals surface area (Å²) >= 11 is 0. The average molecular weight is 227 g/mol. The van der Waals surface area contributed by atoms with Crippen LogP contribution in [0.1, 0.15) is 47.5 Å². The lowest BCUT2D eigenvalue weighted by atomic mass is 9.74. The standard InChI is InChI=1S/C13H25NO2/c1-12(2,3)10-8-14(9-10)13(4,5)7-6-11(15)16/h10H,6-9H2,1-5H3,(H,15,16). The second-order valence-corrected chi connectivity index (χ2v) is 6.67. The van der Waals surface area contributed by atoms with Crippen molar-refractivity contribution in [3.8, 4) is 0 Å². The smallest absolute Gasteiger partial charge is 0.303 e. The van der Waals surface area contributed by atoms with E-state index in [-0.39, 0.29) is 12.0 Å². The molecular formula is C13H25NO2. The van der Waals surface area contributed by atoms with Gasteiger partial charge in [-0.05, 0) is 31.6 Å². The molecule has 0 bridgehead atoms. The third-order valence-electron chi connectivity index (χ3n) is 3.91. The summed E-state index contributed by atoms with van der Waals surface area (Å²) in [4.78, 5) is 13.0. The van der Waals surface area contributed by atoms with Crippen LogP contribution in [0.5, 0.6) is 0 Å². The molecule has 3 heteroatoms. The maximum absolute atomic E-state index is 10.6. The van der Waals surface area contributed by atoms with Gasteiger partial charge in [-0.1, -0.05) is 20.8 Å². The van der Waals surface area contributed by atoms with Gasteiger partial charge in [0.25, 0.3) is 0 Å². The van der Waals surface area contributed by atoms with Crippen molar-refractivity contribution >= 4 is 5.97 Å². The number of rotatable bonds is 4. The molecule has 0 aromatic heterocycles. The van der Waals surface area contributed by atoms with Gasteiger partial charge in [-0.25, -0.2) is 0 Å². The second kappa shape index (κ2) is 4.36. The summed E-state index contributed by atoms with van der Waals surface area (Å²) in [7, 11) is 0. The van der Waals surface area contributed by atoms with Gasteiger partial charge in [-0.2, -0.15) is 0 Å². The molecule has 0 aromatic carbocycles. The highest BCUT2D eigenvalue weighted by Gasteiger charge is 2.41. The Kier molecular flexibility index (Phi) is 3.68. The SMILES string of the molecule is CC(C)(C)C1CN(C(C)(C)CCC(=O)O)C1. The zero-order chi connectivity index (χ0) is 12.6. The van der Waals surface area contributed by atoms with Gasteiger partial charge in [0.05, 0.1) is 0 Å². The summed E-state index contributed by atoms with van der Waals surface area (Å²) in [5.41, 5.74) is 0.402. The van der Waals surface area contributed by atoms with E-state index in [0.717, 1.165) is 25.4 Å². The van der Waals surface area contributed by atoms with Crippen molar-refractivity contribution in [2.24, 2.45) is 11.3 Å². The zero-order valence-corrected chi connectivity index (χ0v) is 11.2. The number of carboxylic acid groups (broad SMARTS) is 1. The van der Waals surface area contributed by atoms with Gasteiger partial charge in [0.1, 0.15) is 0 Å². The highest BCUT2D eigenvalue weighted by Crippen LogP contribution is 2.38. The summed E-state index contributed by atoms with van der Waals surface area (Å²) in [5, 5.41) is 8.71. The lowest BCUT2D eigenvalue weighted by Gasteiger charge is -2.53. The maximum atomic E-state index is 10.6. The predicted molar refractivity (Wildman–Crippen MR) is 65.5 cm³/mol. The lowest BCUT2D eigenvalue weighted by Crippen LogP contribution is -2.60. The number of hydrogen-bond donors (Lipinski definition) is 1. The van der Waals surface area contributed by atoms with E-state index in [1.54, 1.807) is 0 Å². The van der Waals surface area contributed by atoms with E-state index in [1.165, 1.54) is 0 Å². The Morgan fingerprint density at radius 3 is 2.12 bits per heavy atom. The number of nitrogens with zero attached hydrogens (tertiary/aromatic N) is 1. The number of likely N-dealkylation sites (tertiary alicyclic amines) is 1. The van der Waals surface area contributed by atoms with Crippen molar-refractivity contribution in [2.45, 2.75) is 53.0 Å². The minimum Gasteiger partial charge on any atom is -0.481 e. The van der Waals surface area contributed by atoms with E-state index in [0.29, 0.717) is 5.41 Å². The minimum absolute atomic E-state index is 0.0279. The normalized spacial score (nSPS) is 19.6. The van der Waals surface area contributed by atoms with Gasteiger partial charge in [-0.15, -0.1) is 0 Å². The largest absolute Gasteiger partial charge is 0.481 e. The van der Waals surface area contributed by atoms with Crippen LogP contribution in [0.4, 0.5) is 0 Å². The molecule has 1 aliphatic heterocycles. The first kappa shape index (κ1) is 13.5. The molecule has 1 rings (SSSR count). The molecule has 0 saturated carbocycles. The maximum Gasteiger partial charge on any atom is 0.303 e. The van der Waals surface area contributed by atoms with Crippen LogP contribution in [0, 0.1) is 11.3 Å². The summed E-state index contributed by atoms with van der Waals surface area (Å²) in [6, 6.07) is 0. The quantitative estimate of drug-likeness (QED) is 0.802. The van der Waals surface area contributed by atoms with Crippen molar-refractivity contribution in [3.63, 3.8) is 0 Å². The van der Waals surface area contributed by atoms with Gasteiger partial charge < -0.3 is 5.11 Å². The molecule has 0 atom stereocenters. The van der Waals surface area contributed by atoms with Crippen LogP contribution in [0.15, 0.2) is 0 Å². The van der Waals surface area contributed by atoms with Crippen LogP contribution in [-0.2, 0) is 4.79 Å². The van der Waals surface area contributed by atoms with Crippen molar-refractivity contribution in [3.05, 3.63) is 0 Å². The Morgan fingerprint density at radius 2 is 1.75 bits per heavy atom. The Balaban J connectivity index is 2.40. The first-order valence-electron chi connectivity index (χ1n) is 6.10. The average Bonchev–Trinajstić information content (AvgIpc) is 1.94. The van der Waals surface area contributed by atoms with Crippen LogP contribution < -0.4 is 0 Å². The number of aliphatic carboxylic acids is 1. The molecular weight excluding hydrogens is 202 g/mol. The molecule has 1 aliphatic rings. The first-order valence-corrected chi connectivity index (χ1v) is 6.10. The summed E-state index contributed by atoms with van der Waals surface area (Å²) in [5.74, 6) is 0.0533. The summed E-state index contributed by atoms with van der Waals surface area (Å²) < 4.78 is 0. The highest BCUT2D eigenvalue weighted by atomic mass is 16.4. The van der Waals surface area contributed by atoms with Crippen LogP contribution in [-0.4, -0.2) is 34.6 Å². The van der Waals surface area contributed by atoms with Crippen molar-refractivity contribution in [1.82, 2.24) is 4.90 Å². The van der Waals surface area contributed by atoms with Crippen molar-refractivity contribution in [2.75, 3.05) is 13.1 Å². The van der Waals surface area contributed by atoms with Crippen LogP contribution >= 0.6 is 0 Å². The Bertz CT molecular complexity index is 260. The fraction of sp³-hybridized carbons (Fsp3) is 0.923. The molecule has 1 saturated heterocycles. The molecule has 1 fully saturated rings. The Labute approximate surface area is 98.8 Å². The first-order chi connectivity index (χ1) is 7.13. The second-order valence-electron chi connectivity index (χ2n) is 6.67. The summed E-state index contributed by atoms with van der Waals surface area (Å²) in [6.45, 7) is 13.3. The summed E-state index contributed by atoms with van der Waals surface area (Å²) in [6.07, 6.45) is 1.00. The molecule has 1 heterocycles. The van der Waals surface area contributed by atoms with E-state index in [1.807, 2.05) is 0 Å². The fourth-order valence-electron chi connectivity index (χ4n) is 2.09. The monoisotopic (exact) mass is 227 g/mol. The van der Waals surface area contributed by atoms with E-state index in [9.17, 15) is 4.79 Å². The molecule has 16 heavy (non-hydrogen) atoms. The fourth-order valence-corrected chi connectivity index (χ4v) is 2.09. The molecule has 1 N–H and O–H groups in total. The Hall–Kier alpha value is -0.570. The Morgan fingerprint density at radius 1 is 1.25 bits per heavy atom. The highest BCUT2D eigenvalue weighted by molar-refractivity contribution is 5.66. The predicted octanol–water partition coefficient (Wildman–Crippen LogP) is 2.61. The van der Waals surface area contributed by atoms with E-state index >= 15 is 0 Å². The van der Waals surface area contributed by atoms with Crippen molar-refractivity contribution < 1.29 is 9.90 Å². The zero-order valence-electron chi connectivity index (χ0n) is 11.2. The number of hydrogen-bond acceptors (Lipinski definition) is 2. The topological polar surface area (TPSA) is 40.5 Å². The van der Waals surface area contributed by atoms with Crippen LogP contribution in [0.25, 0.3) is 0 Å². The molecule has 0 aromatic rings. The van der Waals surface area contributed by atoms with E-state index < -0.39 is 5.97 Å². The molecule has 0 radical (unpaired) electrons. The third-order valence-corrected chi connectivity index (χ3v) is 3.91. The van der Waals surface area contributed by atoms with E-state index in [2.05, 4.69) is 39.5 Å². The van der Waals surface area contributed by atoms with Gasteiger partial charge in [0, 0.05) is 25.0 Å². The van der Waals surface area contributed by atoms with Crippen LogP contribution in [0.3, 0.4) is 0 Å². The minimum atomic E-state index is -0.694. The third kappa shape index (κ3) is 3.21. The number of carbonyl (C=O) groups is 1. The molecule has 0 aliphatic carbocycles. The van der Waals surface area contributed by atoms with Gasteiger partial charge in [-0.3, -0.25) is 9.69 Å².